The highest BCUT2D eigenvalue weighted by molar-refractivity contribution is 5.60. The molecule has 106 valence electrons. The third-order valence-electron chi connectivity index (χ3n) is 2.90. The third-order valence-corrected chi connectivity index (χ3v) is 2.90. The minimum Gasteiger partial charge on any atom is -0.495 e. The maximum Gasteiger partial charge on any atom is 0.145 e. The molecule has 0 saturated carbocycles. The minimum atomic E-state index is 0.557. The van der Waals surface area contributed by atoms with E-state index in [-0.39, 0.29) is 0 Å². The fraction of sp³-hybridized carbons (Fsp3) is 0.133. The Morgan fingerprint density at radius 1 is 1.19 bits per heavy atom. The second kappa shape index (κ2) is 6.04. The van der Waals surface area contributed by atoms with Gasteiger partial charge in [0.15, 0.2) is 0 Å². The summed E-state index contributed by atoms with van der Waals surface area (Å²) in [5.74, 6) is 2.19. The molecule has 3 aromatic rings. The van der Waals surface area contributed by atoms with Gasteiger partial charge in [0.25, 0.3) is 0 Å². The van der Waals surface area contributed by atoms with E-state index in [1.165, 1.54) is 0 Å². The van der Waals surface area contributed by atoms with Gasteiger partial charge < -0.3 is 14.5 Å². The molecule has 3 aromatic heterocycles. The molecule has 3 heterocycles. The first-order valence-corrected chi connectivity index (χ1v) is 6.43. The number of aromatic nitrogens is 3. The van der Waals surface area contributed by atoms with Crippen LogP contribution in [0.15, 0.2) is 53.7 Å². The molecule has 0 aliphatic heterocycles. The minimum absolute atomic E-state index is 0.557. The van der Waals surface area contributed by atoms with E-state index in [9.17, 15) is 0 Å². The molecule has 0 fully saturated rings. The lowest BCUT2D eigenvalue weighted by molar-refractivity contribution is 0.413. The number of hydrogen-bond acceptors (Lipinski definition) is 6. The number of nitrogens with one attached hydrogen (secondary N) is 1. The molecule has 0 spiro atoms. The van der Waals surface area contributed by atoms with Crippen LogP contribution in [0.25, 0.3) is 11.3 Å². The number of pyridine rings is 1. The van der Waals surface area contributed by atoms with E-state index in [2.05, 4.69) is 20.3 Å². The Morgan fingerprint density at radius 2 is 2.10 bits per heavy atom. The van der Waals surface area contributed by atoms with Gasteiger partial charge in [0.1, 0.15) is 17.3 Å². The molecule has 6 heteroatoms. The molecular formula is C15H14N4O2. The Morgan fingerprint density at radius 3 is 2.90 bits per heavy atom. The van der Waals surface area contributed by atoms with Crippen molar-refractivity contribution in [2.75, 3.05) is 12.4 Å². The Bertz CT molecular complexity index is 713. The summed E-state index contributed by atoms with van der Waals surface area (Å²) in [6.07, 6.45) is 8.37. The first-order chi connectivity index (χ1) is 10.3. The van der Waals surface area contributed by atoms with Crippen molar-refractivity contribution in [1.82, 2.24) is 15.0 Å². The first kappa shape index (κ1) is 13.1. The fourth-order valence-electron chi connectivity index (χ4n) is 1.85. The number of hydrogen-bond donors (Lipinski definition) is 1. The van der Waals surface area contributed by atoms with Crippen molar-refractivity contribution in [3.8, 4) is 17.0 Å². The molecule has 0 saturated heterocycles. The van der Waals surface area contributed by atoms with Gasteiger partial charge in [-0.1, -0.05) is 0 Å². The fourth-order valence-corrected chi connectivity index (χ4v) is 1.85. The Hall–Kier alpha value is -2.89. The van der Waals surface area contributed by atoms with Gasteiger partial charge in [-0.25, -0.2) is 4.98 Å². The number of anilines is 1. The number of ether oxygens (including phenoxy) is 1. The van der Waals surface area contributed by atoms with Gasteiger partial charge in [0, 0.05) is 11.8 Å². The van der Waals surface area contributed by atoms with Crippen LogP contribution in [0.2, 0.25) is 0 Å². The standard InChI is InChI=1S/C15H14N4O2/c1-20-13-5-11(6-16-7-13)14-9-17-10-15(19-14)18-8-12-3-2-4-21-12/h2-7,9-10H,8H2,1H3,(H,18,19). The Kier molecular flexibility index (Phi) is 3.77. The normalized spacial score (nSPS) is 10.3. The monoisotopic (exact) mass is 282 g/mol. The van der Waals surface area contributed by atoms with Crippen LogP contribution in [-0.4, -0.2) is 22.1 Å². The summed E-state index contributed by atoms with van der Waals surface area (Å²) in [7, 11) is 1.60. The highest BCUT2D eigenvalue weighted by Crippen LogP contribution is 2.21. The highest BCUT2D eigenvalue weighted by Gasteiger charge is 2.04. The van der Waals surface area contributed by atoms with Crippen LogP contribution in [0.4, 0.5) is 5.82 Å². The predicted molar refractivity (Wildman–Crippen MR) is 77.8 cm³/mol. The number of furan rings is 1. The second-order valence-corrected chi connectivity index (χ2v) is 4.34. The molecule has 0 atom stereocenters. The third kappa shape index (κ3) is 3.17. The molecule has 0 aliphatic rings. The maximum atomic E-state index is 5.26. The zero-order valence-corrected chi connectivity index (χ0v) is 11.5. The van der Waals surface area contributed by atoms with E-state index in [0.717, 1.165) is 17.0 Å². The van der Waals surface area contributed by atoms with E-state index >= 15 is 0 Å². The second-order valence-electron chi connectivity index (χ2n) is 4.34. The quantitative estimate of drug-likeness (QED) is 0.775. The van der Waals surface area contributed by atoms with E-state index < -0.39 is 0 Å². The zero-order valence-electron chi connectivity index (χ0n) is 11.5. The van der Waals surface area contributed by atoms with E-state index in [0.29, 0.717) is 18.1 Å². The van der Waals surface area contributed by atoms with Crippen molar-refractivity contribution in [3.05, 3.63) is 55.0 Å². The first-order valence-electron chi connectivity index (χ1n) is 6.43. The molecular weight excluding hydrogens is 268 g/mol. The van der Waals surface area contributed by atoms with Crippen LogP contribution < -0.4 is 10.1 Å². The van der Waals surface area contributed by atoms with Crippen molar-refractivity contribution >= 4 is 5.82 Å². The number of nitrogens with zero attached hydrogens (tertiary/aromatic N) is 3. The summed E-state index contributed by atoms with van der Waals surface area (Å²) in [6, 6.07) is 5.62. The van der Waals surface area contributed by atoms with Crippen LogP contribution in [-0.2, 0) is 6.54 Å². The van der Waals surface area contributed by atoms with Gasteiger partial charge in [-0.05, 0) is 18.2 Å². The summed E-state index contributed by atoms with van der Waals surface area (Å²) in [5.41, 5.74) is 1.58. The van der Waals surface area contributed by atoms with Crippen molar-refractivity contribution in [3.63, 3.8) is 0 Å². The van der Waals surface area contributed by atoms with Gasteiger partial charge in [-0.2, -0.15) is 0 Å². The lowest BCUT2D eigenvalue weighted by Crippen LogP contribution is -2.01. The van der Waals surface area contributed by atoms with Crippen molar-refractivity contribution in [2.45, 2.75) is 6.54 Å². The topological polar surface area (TPSA) is 73.1 Å². The summed E-state index contributed by atoms with van der Waals surface area (Å²) >= 11 is 0. The molecule has 0 aromatic carbocycles. The molecule has 0 bridgehead atoms. The van der Waals surface area contributed by atoms with Crippen LogP contribution in [0.3, 0.4) is 0 Å². The van der Waals surface area contributed by atoms with Crippen molar-refractivity contribution in [1.29, 1.82) is 0 Å². The zero-order chi connectivity index (χ0) is 14.5. The average Bonchev–Trinajstić information content (AvgIpc) is 3.07. The highest BCUT2D eigenvalue weighted by atomic mass is 16.5. The van der Waals surface area contributed by atoms with Gasteiger partial charge in [-0.3, -0.25) is 9.97 Å². The van der Waals surface area contributed by atoms with Gasteiger partial charge >= 0.3 is 0 Å². The van der Waals surface area contributed by atoms with Crippen LogP contribution in [0.5, 0.6) is 5.75 Å². The molecule has 0 radical (unpaired) electrons. The summed E-state index contributed by atoms with van der Waals surface area (Å²) in [5, 5.41) is 3.17. The maximum absolute atomic E-state index is 5.26. The molecule has 0 aliphatic carbocycles. The van der Waals surface area contributed by atoms with Crippen LogP contribution in [0.1, 0.15) is 5.76 Å². The summed E-state index contributed by atoms with van der Waals surface area (Å²) in [4.78, 5) is 12.8. The Balaban J connectivity index is 1.79. The van der Waals surface area contributed by atoms with Crippen LogP contribution in [0, 0.1) is 0 Å². The SMILES string of the molecule is COc1cncc(-c2cncc(NCc3ccco3)n2)c1. The van der Waals surface area contributed by atoms with E-state index in [4.69, 9.17) is 9.15 Å². The van der Waals surface area contributed by atoms with E-state index in [1.807, 2.05) is 18.2 Å². The number of methoxy groups -OCH3 is 1. The molecule has 1 N–H and O–H groups in total. The lowest BCUT2D eigenvalue weighted by Gasteiger charge is -2.06. The summed E-state index contributed by atoms with van der Waals surface area (Å²) < 4.78 is 10.4. The van der Waals surface area contributed by atoms with Gasteiger partial charge in [0.2, 0.25) is 0 Å². The molecule has 6 nitrogen and oxygen atoms in total. The average molecular weight is 282 g/mol. The molecule has 21 heavy (non-hydrogen) atoms. The molecule has 3 rings (SSSR count). The lowest BCUT2D eigenvalue weighted by atomic mass is 10.2. The Labute approximate surface area is 121 Å². The van der Waals surface area contributed by atoms with Crippen molar-refractivity contribution in [2.24, 2.45) is 0 Å². The molecule has 0 amide bonds. The smallest absolute Gasteiger partial charge is 0.145 e. The number of rotatable bonds is 5. The molecule has 0 unspecified atom stereocenters. The van der Waals surface area contributed by atoms with E-state index in [1.54, 1.807) is 38.2 Å². The van der Waals surface area contributed by atoms with Crippen molar-refractivity contribution < 1.29 is 9.15 Å². The summed E-state index contributed by atoms with van der Waals surface area (Å²) in [6.45, 7) is 0.557. The van der Waals surface area contributed by atoms with Crippen LogP contribution >= 0.6 is 0 Å². The predicted octanol–water partition coefficient (Wildman–Crippen LogP) is 2.75. The van der Waals surface area contributed by atoms with Gasteiger partial charge in [-0.15, -0.1) is 0 Å². The van der Waals surface area contributed by atoms with Gasteiger partial charge in [0.05, 0.1) is 44.2 Å². The largest absolute Gasteiger partial charge is 0.495 e.